The van der Waals surface area contributed by atoms with Crippen molar-refractivity contribution in [1.82, 2.24) is 0 Å². The van der Waals surface area contributed by atoms with E-state index in [4.69, 9.17) is 23.3 Å². The van der Waals surface area contributed by atoms with E-state index in [0.29, 0.717) is 40.4 Å². The molecule has 0 amide bonds. The van der Waals surface area contributed by atoms with Crippen LogP contribution in [0.3, 0.4) is 0 Å². The predicted octanol–water partition coefficient (Wildman–Crippen LogP) is -0.732. The molecule has 246 valence electrons. The molecule has 15 heteroatoms. The third-order valence-electron chi connectivity index (χ3n) is 8.46. The second-order valence-corrected chi connectivity index (χ2v) is 12.8. The number of aliphatic hydroxyl groups is 5. The Morgan fingerprint density at radius 1 is 0.809 bits per heavy atom. The molecule has 1 saturated carbocycles. The molecule has 3 aromatic rings. The van der Waals surface area contributed by atoms with Crippen LogP contribution in [0.5, 0.6) is 23.0 Å². The number of esters is 1. The van der Waals surface area contributed by atoms with Gasteiger partial charge in [0, 0.05) is 28.8 Å². The first kappa shape index (κ1) is 35.8. The van der Waals surface area contributed by atoms with Gasteiger partial charge in [0.25, 0.3) is 0 Å². The molecule has 13 nitrogen and oxygen atoms in total. The van der Waals surface area contributed by atoms with Crippen LogP contribution in [0.25, 0.3) is 0 Å². The van der Waals surface area contributed by atoms with E-state index in [0.717, 1.165) is 25.7 Å². The normalized spacial score (nSPS) is 28.5. The number of rotatable bonds is 10. The van der Waals surface area contributed by atoms with E-state index in [1.54, 1.807) is 42.5 Å². The maximum Gasteiger partial charge on any atom is 1.00 e. The quantitative estimate of drug-likeness (QED) is 0.0777. The van der Waals surface area contributed by atoms with E-state index in [2.05, 4.69) is 6.92 Å². The number of hydrogen-bond donors (Lipinski definition) is 5. The van der Waals surface area contributed by atoms with Crippen molar-refractivity contribution in [3.8, 4) is 23.0 Å². The van der Waals surface area contributed by atoms with Crippen molar-refractivity contribution >= 4 is 13.8 Å². The number of benzene rings is 3. The molecule has 2 aliphatic heterocycles. The van der Waals surface area contributed by atoms with Crippen LogP contribution in [0.1, 0.15) is 59.7 Å². The number of fused-ring (bicyclic) bond motifs is 6. The average Bonchev–Trinajstić information content (AvgIpc) is 3.33. The molecular formula is C32H34NaO13P. The van der Waals surface area contributed by atoms with Crippen LogP contribution in [0.15, 0.2) is 60.7 Å². The average molecular weight is 681 g/mol. The fourth-order valence-corrected chi connectivity index (χ4v) is 7.09. The van der Waals surface area contributed by atoms with Gasteiger partial charge in [0.05, 0.1) is 12.2 Å². The van der Waals surface area contributed by atoms with E-state index < -0.39 is 56.0 Å². The Bertz CT molecular complexity index is 1650. The van der Waals surface area contributed by atoms with Gasteiger partial charge in [-0.2, -0.15) is 0 Å². The smallest absolute Gasteiger partial charge is 0.746 e. The van der Waals surface area contributed by atoms with Gasteiger partial charge < -0.3 is 53.7 Å². The number of phosphoric ester groups is 1. The summed E-state index contributed by atoms with van der Waals surface area (Å²) in [5.74, 6) is 0.0773. The number of hydrogen-bond acceptors (Lipinski definition) is 13. The van der Waals surface area contributed by atoms with E-state index in [1.807, 2.05) is 0 Å². The van der Waals surface area contributed by atoms with Crippen molar-refractivity contribution in [3.05, 3.63) is 82.9 Å². The summed E-state index contributed by atoms with van der Waals surface area (Å²) >= 11 is 0. The van der Waals surface area contributed by atoms with Crippen molar-refractivity contribution in [3.63, 3.8) is 0 Å². The van der Waals surface area contributed by atoms with Gasteiger partial charge in [-0.25, -0.2) is 4.79 Å². The van der Waals surface area contributed by atoms with Crippen LogP contribution in [-0.4, -0.2) is 74.7 Å². The van der Waals surface area contributed by atoms with E-state index in [9.17, 15) is 39.8 Å². The standard InChI is InChI=1S/C32H35O13P.Na/c1-2-3-4-7-14-41-17-10-12-21-23(15-17)42-24-16-18(11-13-22(24)32(21)20-9-6-5-8-19(20)31(38)43-32)44-46(39,40)45-30-28(36)26(34)25(33)27(35)29(30)37;/h5-6,8-13,15-16,25-30,33-37H,2-4,7,14H2,1H3,(H,39,40);/q;+1/p-1/t25?,26-,27+,28-,29-,30?,32?;/m1./s1. The van der Waals surface area contributed by atoms with Crippen LogP contribution in [0.2, 0.25) is 0 Å². The van der Waals surface area contributed by atoms with Crippen LogP contribution in [0, 0.1) is 0 Å². The third kappa shape index (κ3) is 6.60. The zero-order chi connectivity index (χ0) is 32.8. The van der Waals surface area contributed by atoms with Gasteiger partial charge in [0.1, 0.15) is 59.6 Å². The Morgan fingerprint density at radius 2 is 1.40 bits per heavy atom. The van der Waals surface area contributed by atoms with Crippen molar-refractivity contribution in [2.45, 2.75) is 74.8 Å². The molecule has 47 heavy (non-hydrogen) atoms. The first-order chi connectivity index (χ1) is 22.0. The maximum absolute atomic E-state index is 13.1. The van der Waals surface area contributed by atoms with Crippen LogP contribution in [0.4, 0.5) is 0 Å². The van der Waals surface area contributed by atoms with E-state index in [-0.39, 0.29) is 41.1 Å². The SMILES string of the molecule is CCCCCCOc1ccc2c(c1)Oc1cc(OP(=O)([O-])OC3[C@H](O)[C@H](O)C(O)[C@H](O)[C@H]3O)ccc1C21OC(=O)c2ccccc21.[Na+]. The molecule has 4 unspecified atom stereocenters. The molecule has 0 bridgehead atoms. The van der Waals surface area contributed by atoms with Crippen molar-refractivity contribution in [1.29, 1.82) is 0 Å². The Balaban J connectivity index is 0.00000433. The van der Waals surface area contributed by atoms with Crippen molar-refractivity contribution in [2.24, 2.45) is 0 Å². The summed E-state index contributed by atoms with van der Waals surface area (Å²) in [6.07, 6.45) is -8.03. The summed E-state index contributed by atoms with van der Waals surface area (Å²) in [6.45, 7) is 2.61. The van der Waals surface area contributed by atoms with Crippen LogP contribution in [-0.2, 0) is 19.4 Å². The minimum Gasteiger partial charge on any atom is -0.746 e. The first-order valence-corrected chi connectivity index (χ1v) is 16.4. The number of aliphatic hydroxyl groups excluding tert-OH is 5. The molecular weight excluding hydrogens is 646 g/mol. The van der Waals surface area contributed by atoms with Gasteiger partial charge in [-0.15, -0.1) is 0 Å². The molecule has 0 aromatic heterocycles. The number of phosphoric acid groups is 1. The molecule has 3 aromatic carbocycles. The molecule has 1 fully saturated rings. The largest absolute Gasteiger partial charge is 1.00 e. The van der Waals surface area contributed by atoms with Crippen LogP contribution < -0.4 is 48.4 Å². The zero-order valence-electron chi connectivity index (χ0n) is 25.7. The summed E-state index contributed by atoms with van der Waals surface area (Å²) < 4.78 is 41.1. The summed E-state index contributed by atoms with van der Waals surface area (Å²) in [6, 6.07) is 16.1. The van der Waals surface area contributed by atoms with Gasteiger partial charge in [-0.05, 0) is 36.8 Å². The topological polar surface area (TPSA) is 204 Å². The number of carbonyl (C=O) groups is 1. The Hall–Kier alpha value is -2.52. The monoisotopic (exact) mass is 680 g/mol. The Labute approximate surface area is 292 Å². The van der Waals surface area contributed by atoms with Gasteiger partial charge in [-0.3, -0.25) is 4.57 Å². The fraction of sp³-hybridized carbons (Fsp3) is 0.406. The minimum absolute atomic E-state index is 0. The third-order valence-corrected chi connectivity index (χ3v) is 9.40. The molecule has 2 heterocycles. The molecule has 1 aliphatic carbocycles. The molecule has 6 rings (SSSR count). The van der Waals surface area contributed by atoms with Gasteiger partial charge >= 0.3 is 43.3 Å². The predicted molar refractivity (Wildman–Crippen MR) is 157 cm³/mol. The number of unbranched alkanes of at least 4 members (excludes halogenated alkanes) is 3. The van der Waals surface area contributed by atoms with Crippen LogP contribution >= 0.6 is 7.82 Å². The van der Waals surface area contributed by atoms with Crippen molar-refractivity contribution in [2.75, 3.05) is 6.61 Å². The second-order valence-electron chi connectivity index (χ2n) is 11.5. The maximum atomic E-state index is 13.1. The zero-order valence-corrected chi connectivity index (χ0v) is 28.6. The van der Waals surface area contributed by atoms with E-state index in [1.165, 1.54) is 18.2 Å². The first-order valence-electron chi connectivity index (χ1n) is 15.0. The van der Waals surface area contributed by atoms with E-state index >= 15 is 0 Å². The second kappa shape index (κ2) is 14.1. The minimum atomic E-state index is -5.39. The molecule has 0 saturated heterocycles. The molecule has 1 spiro atoms. The fourth-order valence-electron chi connectivity index (χ4n) is 6.12. The Kier molecular flexibility index (Phi) is 10.8. The molecule has 8 atom stereocenters. The molecule has 5 N–H and O–H groups in total. The summed E-state index contributed by atoms with van der Waals surface area (Å²) in [5, 5.41) is 50.1. The summed E-state index contributed by atoms with van der Waals surface area (Å²) in [4.78, 5) is 26.0. The number of carbonyl (C=O) groups excluding carboxylic acids is 1. The van der Waals surface area contributed by atoms with Crippen molar-refractivity contribution < 1.29 is 92.6 Å². The summed E-state index contributed by atoms with van der Waals surface area (Å²) in [5.41, 5.74) is 0.400. The molecule has 3 aliphatic rings. The molecule has 0 radical (unpaired) electrons. The van der Waals surface area contributed by atoms with Gasteiger partial charge in [-0.1, -0.05) is 44.4 Å². The summed E-state index contributed by atoms with van der Waals surface area (Å²) in [7, 11) is -5.39. The van der Waals surface area contributed by atoms with Gasteiger partial charge in [0.2, 0.25) is 0 Å². The number of ether oxygens (including phenoxy) is 3. The Morgan fingerprint density at radius 3 is 2.06 bits per heavy atom. The van der Waals surface area contributed by atoms with Gasteiger partial charge in [0.15, 0.2) is 5.60 Å².